The van der Waals surface area contributed by atoms with Crippen molar-refractivity contribution in [1.82, 2.24) is 15.3 Å². The Balaban J connectivity index is 0.00000102. The molecule has 0 spiro atoms. The summed E-state index contributed by atoms with van der Waals surface area (Å²) in [6.07, 6.45) is 1.69. The lowest BCUT2D eigenvalue weighted by Gasteiger charge is -2.18. The normalized spacial score (nSPS) is 10.4. The molecule has 0 bridgehead atoms. The average Bonchev–Trinajstić information content (AvgIpc) is 3.64. The van der Waals surface area contributed by atoms with Crippen LogP contribution in [-0.2, 0) is 9.59 Å². The van der Waals surface area contributed by atoms with Crippen LogP contribution in [0.5, 0.6) is 0 Å². The molecule has 0 aliphatic heterocycles. The second-order valence-corrected chi connectivity index (χ2v) is 9.53. The number of rotatable bonds is 5. The Morgan fingerprint density at radius 2 is 1.58 bits per heavy atom. The highest BCUT2D eigenvalue weighted by atomic mass is 19.1. The van der Waals surface area contributed by atoms with Crippen molar-refractivity contribution in [3.63, 3.8) is 0 Å². The van der Waals surface area contributed by atoms with Gasteiger partial charge >= 0.3 is 0 Å². The van der Waals surface area contributed by atoms with Gasteiger partial charge in [0.15, 0.2) is 11.2 Å². The molecule has 0 saturated heterocycles. The number of carbonyl (C=O) groups is 3. The zero-order valence-corrected chi connectivity index (χ0v) is 24.1. The van der Waals surface area contributed by atoms with Crippen LogP contribution in [0.2, 0.25) is 0 Å². The molecule has 3 aromatic heterocycles. The first-order valence-electron chi connectivity index (χ1n) is 13.0. The molecule has 0 aliphatic rings. The first-order chi connectivity index (χ1) is 20.8. The number of nitrogens with zero attached hydrogens (tertiary/aromatic N) is 3. The number of pyridine rings is 1. The zero-order chi connectivity index (χ0) is 31.3. The lowest BCUT2D eigenvalue weighted by atomic mass is 9.95. The Morgan fingerprint density at radius 3 is 2.23 bits per heavy atom. The minimum absolute atomic E-state index is 0.291. The van der Waals surface area contributed by atoms with Crippen molar-refractivity contribution in [3.05, 3.63) is 89.9 Å². The minimum Gasteiger partial charge on any atom is -0.455 e. The number of nitrogens with one attached hydrogen (secondary N) is 1. The largest absolute Gasteiger partial charge is 0.455 e. The second-order valence-electron chi connectivity index (χ2n) is 9.53. The molecule has 0 unspecified atom stereocenters. The number of anilines is 1. The highest BCUT2D eigenvalue weighted by Crippen LogP contribution is 2.41. The van der Waals surface area contributed by atoms with E-state index in [0.717, 1.165) is 27.9 Å². The maximum atomic E-state index is 13.6. The van der Waals surface area contributed by atoms with Gasteiger partial charge in [0.1, 0.15) is 30.7 Å². The fourth-order valence-electron chi connectivity index (χ4n) is 4.79. The van der Waals surface area contributed by atoms with Gasteiger partial charge in [-0.1, -0.05) is 12.1 Å². The number of oxazole rings is 1. The third-order valence-electron chi connectivity index (χ3n) is 6.79. The number of hydrogen-bond acceptors (Lipinski definition) is 8. The lowest BCUT2D eigenvalue weighted by molar-refractivity contribution is -0.0987. The minimum atomic E-state index is -0.363. The summed E-state index contributed by atoms with van der Waals surface area (Å²) in [5.41, 5.74) is 7.31. The predicted octanol–water partition coefficient (Wildman–Crippen LogP) is 6.47. The summed E-state index contributed by atoms with van der Waals surface area (Å²) in [6, 6.07) is 19.6. The Bertz CT molecular complexity index is 1880. The van der Waals surface area contributed by atoms with Crippen molar-refractivity contribution in [1.29, 1.82) is 0 Å². The van der Waals surface area contributed by atoms with Crippen LogP contribution in [0.1, 0.15) is 15.9 Å². The number of hydrogen-bond donors (Lipinski definition) is 1. The van der Waals surface area contributed by atoms with E-state index in [1.807, 2.05) is 82.0 Å². The van der Waals surface area contributed by atoms with Crippen LogP contribution < -0.4 is 10.2 Å². The van der Waals surface area contributed by atoms with Crippen LogP contribution in [0.25, 0.3) is 56.1 Å². The Morgan fingerprint density at radius 1 is 0.884 bits per heavy atom. The molecule has 3 aromatic carbocycles. The molecule has 1 N–H and O–H groups in total. The van der Waals surface area contributed by atoms with Crippen molar-refractivity contribution in [2.45, 2.75) is 6.92 Å². The molecule has 0 atom stereocenters. The van der Waals surface area contributed by atoms with E-state index in [4.69, 9.17) is 18.4 Å². The predicted molar refractivity (Wildman–Crippen MR) is 165 cm³/mol. The van der Waals surface area contributed by atoms with E-state index < -0.39 is 0 Å². The molecule has 0 aliphatic carbocycles. The van der Waals surface area contributed by atoms with Crippen molar-refractivity contribution in [3.8, 4) is 33.9 Å². The van der Waals surface area contributed by atoms with Crippen molar-refractivity contribution in [2.75, 3.05) is 26.0 Å². The van der Waals surface area contributed by atoms with Gasteiger partial charge in [0.25, 0.3) is 5.91 Å². The van der Waals surface area contributed by atoms with E-state index in [0.29, 0.717) is 45.0 Å². The van der Waals surface area contributed by atoms with E-state index in [1.54, 1.807) is 25.4 Å². The molecule has 218 valence electrons. The van der Waals surface area contributed by atoms with E-state index in [2.05, 4.69) is 15.3 Å². The van der Waals surface area contributed by atoms with Gasteiger partial charge in [0.05, 0.1) is 5.56 Å². The Labute approximate surface area is 247 Å². The highest BCUT2D eigenvalue weighted by Gasteiger charge is 2.24. The number of halogens is 1. The van der Waals surface area contributed by atoms with Gasteiger partial charge in [-0.15, -0.1) is 0 Å². The third kappa shape index (κ3) is 5.76. The molecular weight excluding hydrogens is 551 g/mol. The Kier molecular flexibility index (Phi) is 9.10. The van der Waals surface area contributed by atoms with Crippen LogP contribution in [0.3, 0.4) is 0 Å². The van der Waals surface area contributed by atoms with E-state index >= 15 is 0 Å². The molecule has 9 nitrogen and oxygen atoms in total. The van der Waals surface area contributed by atoms with Gasteiger partial charge in [0, 0.05) is 61.2 Å². The first kappa shape index (κ1) is 30.3. The van der Waals surface area contributed by atoms with Crippen LogP contribution in [0, 0.1) is 12.7 Å². The summed E-state index contributed by atoms with van der Waals surface area (Å²) in [5.74, 6) is 0.219. The Hall–Kier alpha value is -5.64. The number of fused-ring (bicyclic) bond motifs is 2. The van der Waals surface area contributed by atoms with Crippen molar-refractivity contribution in [2.24, 2.45) is 0 Å². The maximum absolute atomic E-state index is 13.6. The van der Waals surface area contributed by atoms with Gasteiger partial charge < -0.3 is 28.6 Å². The topological polar surface area (TPSA) is 119 Å². The number of furan rings is 1. The molecule has 0 fully saturated rings. The maximum Gasteiger partial charge on any atom is 0.255 e. The van der Waals surface area contributed by atoms with Gasteiger partial charge in [0.2, 0.25) is 5.89 Å². The van der Waals surface area contributed by atoms with Crippen LogP contribution in [0.15, 0.2) is 81.8 Å². The summed E-state index contributed by atoms with van der Waals surface area (Å²) >= 11 is 0. The van der Waals surface area contributed by atoms with Gasteiger partial charge in [-0.2, -0.15) is 4.98 Å². The molecule has 10 heteroatoms. The fourth-order valence-corrected chi connectivity index (χ4v) is 4.79. The number of benzene rings is 3. The summed E-state index contributed by atoms with van der Waals surface area (Å²) in [5, 5.41) is 3.37. The van der Waals surface area contributed by atoms with Gasteiger partial charge in [-0.25, -0.2) is 9.37 Å². The van der Waals surface area contributed by atoms with E-state index in [9.17, 15) is 9.18 Å². The summed E-state index contributed by atoms with van der Waals surface area (Å²) in [6.45, 7) is 6.01. The highest BCUT2D eigenvalue weighted by molar-refractivity contribution is 6.13. The molecule has 6 rings (SSSR count). The number of aryl methyl sites for hydroxylation is 1. The van der Waals surface area contributed by atoms with Crippen LogP contribution >= 0.6 is 0 Å². The third-order valence-corrected chi connectivity index (χ3v) is 6.79. The number of carbonyl (C=O) groups excluding carboxylic acids is 3. The van der Waals surface area contributed by atoms with Gasteiger partial charge in [-0.3, -0.25) is 4.79 Å². The first-order valence-corrected chi connectivity index (χ1v) is 13.0. The standard InChI is InChI=1S/C31H25FN4O3.2CH2O/c1-17-7-8-19(14-21(17)31-35-29-25(39-31)6-5-13-34-29)22-15-23-26(16-24(22)36(3)4)38-28(27(23)30(37)33-2)18-9-11-20(32)12-10-18;2*1-2/h5-16H,1-4H3,(H,33,37);2*1H2. The van der Waals surface area contributed by atoms with Crippen molar-refractivity contribution < 1.29 is 27.6 Å². The number of amides is 1. The van der Waals surface area contributed by atoms with E-state index in [1.165, 1.54) is 12.1 Å². The molecular formula is C33H29FN4O5. The average molecular weight is 581 g/mol. The van der Waals surface area contributed by atoms with Crippen molar-refractivity contribution >= 4 is 47.4 Å². The molecule has 43 heavy (non-hydrogen) atoms. The summed E-state index contributed by atoms with van der Waals surface area (Å²) in [4.78, 5) is 40.0. The molecule has 6 aromatic rings. The van der Waals surface area contributed by atoms with Crippen LogP contribution in [0.4, 0.5) is 10.1 Å². The quantitative estimate of drug-likeness (QED) is 0.246. The smallest absolute Gasteiger partial charge is 0.255 e. The molecule has 0 saturated carbocycles. The van der Waals surface area contributed by atoms with Crippen LogP contribution in [-0.4, -0.2) is 50.6 Å². The summed E-state index contributed by atoms with van der Waals surface area (Å²) in [7, 11) is 5.48. The summed E-state index contributed by atoms with van der Waals surface area (Å²) < 4.78 is 25.9. The fraction of sp³-hybridized carbons (Fsp3) is 0.121. The second kappa shape index (κ2) is 12.9. The molecule has 1 amide bonds. The zero-order valence-electron chi connectivity index (χ0n) is 24.1. The molecule has 3 heterocycles. The monoisotopic (exact) mass is 580 g/mol. The number of aromatic nitrogens is 2. The SMILES string of the molecule is C=O.C=O.CNC(=O)c1c(-c2ccc(F)cc2)oc2cc(N(C)C)c(-c3ccc(C)c(-c4nc5ncccc5o4)c3)cc12. The lowest BCUT2D eigenvalue weighted by Crippen LogP contribution is -2.18. The van der Waals surface area contributed by atoms with E-state index in [-0.39, 0.29) is 11.7 Å². The molecule has 0 radical (unpaired) electrons. The van der Waals surface area contributed by atoms with Gasteiger partial charge in [-0.05, 0) is 66.6 Å².